The van der Waals surface area contributed by atoms with Crippen LogP contribution in [0, 0.1) is 10.8 Å². The van der Waals surface area contributed by atoms with Crippen LogP contribution in [0.25, 0.3) is 11.5 Å². The van der Waals surface area contributed by atoms with Crippen LogP contribution in [0.2, 0.25) is 0 Å². The summed E-state index contributed by atoms with van der Waals surface area (Å²) in [6, 6.07) is 7.96. The van der Waals surface area contributed by atoms with Crippen molar-refractivity contribution in [2.24, 2.45) is 10.8 Å². The number of carbonyl (C=O) groups is 1. The van der Waals surface area contributed by atoms with Gasteiger partial charge in [-0.1, -0.05) is 37.2 Å². The van der Waals surface area contributed by atoms with E-state index in [1.54, 1.807) is 0 Å². The Hall–Kier alpha value is -3.10. The molecule has 2 heterocycles. The van der Waals surface area contributed by atoms with Gasteiger partial charge in [0.1, 0.15) is 5.67 Å². The monoisotopic (exact) mass is 573 g/mol. The second-order valence-electron chi connectivity index (χ2n) is 15.6. The highest BCUT2D eigenvalue weighted by Gasteiger charge is 2.69. The molecule has 0 atom stereocenters. The molecule has 7 aliphatic carbocycles. The predicted molar refractivity (Wildman–Crippen MR) is 154 cm³/mol. The average Bonchev–Trinajstić information content (AvgIpc) is 3.43. The summed E-state index contributed by atoms with van der Waals surface area (Å²) in [5, 5.41) is 8.65. The van der Waals surface area contributed by atoms with Crippen LogP contribution in [-0.2, 0) is 15.6 Å². The molecular formula is C33H40FN5O3. The first-order valence-corrected chi connectivity index (χ1v) is 15.8. The zero-order valence-corrected chi connectivity index (χ0v) is 24.9. The average molecular weight is 574 g/mol. The number of hydrogen-bond donors (Lipinski definition) is 0. The Morgan fingerprint density at radius 1 is 0.976 bits per heavy atom. The Morgan fingerprint density at radius 2 is 1.69 bits per heavy atom. The van der Waals surface area contributed by atoms with E-state index in [0.717, 1.165) is 74.3 Å². The van der Waals surface area contributed by atoms with Gasteiger partial charge in [-0.3, -0.25) is 4.79 Å². The van der Waals surface area contributed by atoms with Crippen LogP contribution < -0.4 is 4.90 Å². The molecule has 0 aliphatic heterocycles. The first-order chi connectivity index (χ1) is 20.0. The molecular weight excluding hydrogens is 533 g/mol. The third-order valence-corrected chi connectivity index (χ3v) is 11.1. The summed E-state index contributed by atoms with van der Waals surface area (Å²) >= 11 is 0. The highest BCUT2D eigenvalue weighted by atomic mass is 19.1. The molecule has 1 amide bonds. The Labute approximate surface area is 245 Å². The number of nitrogens with zero attached hydrogens (tertiary/aromatic N) is 5. The van der Waals surface area contributed by atoms with E-state index in [0.29, 0.717) is 49.9 Å². The lowest BCUT2D eigenvalue weighted by atomic mass is 9.41. The molecule has 1 aromatic carbocycles. The quantitative estimate of drug-likeness (QED) is 0.281. The van der Waals surface area contributed by atoms with Gasteiger partial charge in [0.25, 0.3) is 5.89 Å². The molecule has 0 saturated heterocycles. The number of halogens is 1. The molecule has 7 aliphatic rings. The molecule has 4 bridgehead atoms. The summed E-state index contributed by atoms with van der Waals surface area (Å²) in [5.41, 5.74) is 0.342. The summed E-state index contributed by atoms with van der Waals surface area (Å²) in [4.78, 5) is 25.6. The fourth-order valence-electron chi connectivity index (χ4n) is 8.37. The zero-order valence-electron chi connectivity index (χ0n) is 24.9. The van der Waals surface area contributed by atoms with Gasteiger partial charge in [0.2, 0.25) is 11.8 Å². The van der Waals surface area contributed by atoms with Gasteiger partial charge in [0.05, 0.1) is 0 Å². The van der Waals surface area contributed by atoms with Gasteiger partial charge < -0.3 is 13.9 Å². The number of fused-ring (bicyclic) bond motifs is 3. The SMILES string of the molecule is CC(C)(C)c1nc(C23CCC(CN(C(=O)CC45CC(F)(C4)C5)c4cccc(-c5nc(C6CC6)no5)c4)(CC2)CC3)no1. The Morgan fingerprint density at radius 3 is 2.31 bits per heavy atom. The third-order valence-electron chi connectivity index (χ3n) is 11.1. The first kappa shape index (κ1) is 26.5. The minimum atomic E-state index is -1.01. The van der Waals surface area contributed by atoms with Gasteiger partial charge in [0.15, 0.2) is 11.6 Å². The second-order valence-corrected chi connectivity index (χ2v) is 15.6. The van der Waals surface area contributed by atoms with Gasteiger partial charge in [-0.05, 0) is 99.7 Å². The van der Waals surface area contributed by atoms with Crippen molar-refractivity contribution < 1.29 is 18.2 Å². The molecule has 222 valence electrons. The number of anilines is 1. The van der Waals surface area contributed by atoms with Gasteiger partial charge in [0, 0.05) is 41.0 Å². The van der Waals surface area contributed by atoms with Gasteiger partial charge in [-0.15, -0.1) is 0 Å². The van der Waals surface area contributed by atoms with Crippen molar-refractivity contribution in [1.29, 1.82) is 0 Å². The summed E-state index contributed by atoms with van der Waals surface area (Å²) in [5.74, 6) is 3.33. The van der Waals surface area contributed by atoms with Crippen LogP contribution in [0.5, 0.6) is 0 Å². The maximum Gasteiger partial charge on any atom is 0.258 e. The number of hydrogen-bond acceptors (Lipinski definition) is 7. The number of rotatable bonds is 8. The highest BCUT2D eigenvalue weighted by molar-refractivity contribution is 5.94. The predicted octanol–water partition coefficient (Wildman–Crippen LogP) is 7.20. The van der Waals surface area contributed by atoms with Crippen LogP contribution >= 0.6 is 0 Å². The van der Waals surface area contributed by atoms with Crippen LogP contribution in [-0.4, -0.2) is 38.4 Å². The lowest BCUT2D eigenvalue weighted by Crippen LogP contribution is -2.65. The molecule has 0 N–H and O–H groups in total. The van der Waals surface area contributed by atoms with Crippen molar-refractivity contribution in [2.75, 3.05) is 11.4 Å². The van der Waals surface area contributed by atoms with Crippen molar-refractivity contribution in [3.63, 3.8) is 0 Å². The lowest BCUT2D eigenvalue weighted by Gasteiger charge is -2.66. The molecule has 0 radical (unpaired) electrons. The Bertz CT molecular complexity index is 1500. The van der Waals surface area contributed by atoms with Crippen molar-refractivity contribution >= 4 is 11.6 Å². The number of benzene rings is 1. The second kappa shape index (κ2) is 8.73. The Balaban J connectivity index is 1.05. The summed E-state index contributed by atoms with van der Waals surface area (Å²) in [6.07, 6.45) is 10.3. The lowest BCUT2D eigenvalue weighted by molar-refractivity contribution is -0.215. The minimum absolute atomic E-state index is 0.0361. The van der Waals surface area contributed by atoms with Crippen LogP contribution in [0.3, 0.4) is 0 Å². The minimum Gasteiger partial charge on any atom is -0.339 e. The fourth-order valence-corrected chi connectivity index (χ4v) is 8.37. The molecule has 3 aromatic rings. The van der Waals surface area contributed by atoms with Crippen molar-refractivity contribution in [2.45, 2.75) is 120 Å². The van der Waals surface area contributed by atoms with Gasteiger partial charge >= 0.3 is 0 Å². The first-order valence-electron chi connectivity index (χ1n) is 15.8. The summed E-state index contributed by atoms with van der Waals surface area (Å²) in [7, 11) is 0. The standard InChI is InChI=1S/C33H40FN5O3/c1-29(2,3)28-36-27(38-42-28)32-12-9-30(10-13-32,11-14-32)20-39(24(40)16-31-17-33(34,18-31)19-31)23-6-4-5-22(15-23)26-35-25(37-41-26)21-7-8-21/h4-6,15,21H,7-14,16-20H2,1-3H3. The molecule has 42 heavy (non-hydrogen) atoms. The van der Waals surface area contributed by atoms with Gasteiger partial charge in [-0.25, -0.2) is 4.39 Å². The van der Waals surface area contributed by atoms with E-state index in [-0.39, 0.29) is 27.6 Å². The van der Waals surface area contributed by atoms with Crippen molar-refractivity contribution in [3.8, 4) is 11.5 Å². The smallest absolute Gasteiger partial charge is 0.258 e. The largest absolute Gasteiger partial charge is 0.339 e. The molecule has 7 fully saturated rings. The van der Waals surface area contributed by atoms with Crippen molar-refractivity contribution in [1.82, 2.24) is 20.3 Å². The van der Waals surface area contributed by atoms with E-state index in [1.165, 1.54) is 0 Å². The molecule has 7 saturated carbocycles. The van der Waals surface area contributed by atoms with Crippen LogP contribution in [0.15, 0.2) is 33.3 Å². The topological polar surface area (TPSA) is 98.2 Å². The molecule has 2 aromatic heterocycles. The highest BCUT2D eigenvalue weighted by Crippen LogP contribution is 2.71. The van der Waals surface area contributed by atoms with Gasteiger partial charge in [-0.2, -0.15) is 9.97 Å². The van der Waals surface area contributed by atoms with E-state index >= 15 is 0 Å². The molecule has 8 nitrogen and oxygen atoms in total. The number of alkyl halides is 1. The van der Waals surface area contributed by atoms with E-state index < -0.39 is 5.67 Å². The van der Waals surface area contributed by atoms with Crippen LogP contribution in [0.4, 0.5) is 10.1 Å². The van der Waals surface area contributed by atoms with E-state index in [4.69, 9.17) is 14.0 Å². The number of aromatic nitrogens is 4. The number of amides is 1. The molecule has 0 unspecified atom stereocenters. The van der Waals surface area contributed by atoms with E-state index in [9.17, 15) is 9.18 Å². The molecule has 0 spiro atoms. The van der Waals surface area contributed by atoms with E-state index in [1.807, 2.05) is 29.2 Å². The van der Waals surface area contributed by atoms with E-state index in [2.05, 4.69) is 36.1 Å². The fraction of sp³-hybridized carbons (Fsp3) is 0.667. The summed E-state index contributed by atoms with van der Waals surface area (Å²) < 4.78 is 25.7. The number of carbonyl (C=O) groups excluding carboxylic acids is 1. The Kier molecular flexibility index (Phi) is 5.51. The van der Waals surface area contributed by atoms with Crippen molar-refractivity contribution in [3.05, 3.63) is 41.8 Å². The summed E-state index contributed by atoms with van der Waals surface area (Å²) in [6.45, 7) is 6.96. The maximum atomic E-state index is 14.4. The normalized spacial score (nSPS) is 33.2. The van der Waals surface area contributed by atoms with Crippen LogP contribution in [0.1, 0.15) is 121 Å². The third kappa shape index (κ3) is 4.32. The molecule has 9 heteroatoms. The zero-order chi connectivity index (χ0) is 29.0. The molecule has 10 rings (SSSR count). The maximum absolute atomic E-state index is 14.4.